The molecule has 2 rings (SSSR count). The SMILES string of the molecule is CC(=O)Oc1c(C)c(C)c2c(c1C)[C@@H](I)C[C@@](C)(CC[C@@H](C)CC[C@@H](C)CCC(C)C)O2. The molecule has 0 N–H and O–H groups in total. The third-order valence-corrected chi connectivity index (χ3v) is 8.37. The molecule has 1 aromatic carbocycles. The predicted octanol–water partition coefficient (Wildman–Crippen LogP) is 8.82. The zero-order valence-corrected chi connectivity index (χ0v) is 24.0. The van der Waals surface area contributed by atoms with E-state index in [9.17, 15) is 4.79 Å². The molecule has 0 radical (unpaired) electrons. The van der Waals surface area contributed by atoms with Gasteiger partial charge in [-0.3, -0.25) is 4.79 Å². The number of hydrogen-bond acceptors (Lipinski definition) is 3. The maximum absolute atomic E-state index is 11.6. The molecule has 0 saturated heterocycles. The van der Waals surface area contributed by atoms with Crippen molar-refractivity contribution in [1.82, 2.24) is 0 Å². The quantitative estimate of drug-likeness (QED) is 0.125. The van der Waals surface area contributed by atoms with E-state index in [1.807, 2.05) is 6.92 Å². The van der Waals surface area contributed by atoms with Gasteiger partial charge in [0.05, 0.1) is 0 Å². The summed E-state index contributed by atoms with van der Waals surface area (Å²) in [6.45, 7) is 19.4. The van der Waals surface area contributed by atoms with Gasteiger partial charge in [0.1, 0.15) is 17.1 Å². The van der Waals surface area contributed by atoms with Crippen molar-refractivity contribution in [3.8, 4) is 11.5 Å². The number of fused-ring (bicyclic) bond motifs is 1. The van der Waals surface area contributed by atoms with Crippen molar-refractivity contribution < 1.29 is 14.3 Å². The van der Waals surface area contributed by atoms with Gasteiger partial charge in [-0.2, -0.15) is 0 Å². The second-order valence-corrected chi connectivity index (χ2v) is 12.6. The van der Waals surface area contributed by atoms with Crippen molar-refractivity contribution in [2.24, 2.45) is 17.8 Å². The molecule has 0 saturated carbocycles. The Bertz CT molecular complexity index is 801. The van der Waals surface area contributed by atoms with Crippen LogP contribution in [0, 0.1) is 38.5 Å². The number of alkyl halides is 1. The lowest BCUT2D eigenvalue weighted by Crippen LogP contribution is -2.38. The van der Waals surface area contributed by atoms with Crippen LogP contribution >= 0.6 is 22.6 Å². The van der Waals surface area contributed by atoms with Gasteiger partial charge in [0, 0.05) is 28.4 Å². The van der Waals surface area contributed by atoms with Gasteiger partial charge in [0.15, 0.2) is 0 Å². The largest absolute Gasteiger partial charge is 0.487 e. The van der Waals surface area contributed by atoms with Crippen molar-refractivity contribution in [2.45, 2.75) is 117 Å². The van der Waals surface area contributed by atoms with Crippen molar-refractivity contribution in [1.29, 1.82) is 0 Å². The molecule has 1 aliphatic heterocycles. The average Bonchev–Trinajstić information content (AvgIpc) is 2.70. The normalized spacial score (nSPS) is 22.3. The Hall–Kier alpha value is -0.780. The van der Waals surface area contributed by atoms with E-state index in [-0.39, 0.29) is 11.6 Å². The molecule has 0 aromatic heterocycles. The fourth-order valence-electron chi connectivity index (χ4n) is 4.87. The number of carbonyl (C=O) groups is 1. The number of benzene rings is 1. The minimum Gasteiger partial charge on any atom is -0.487 e. The van der Waals surface area contributed by atoms with Crippen LogP contribution in [0.3, 0.4) is 0 Å². The van der Waals surface area contributed by atoms with Crippen molar-refractivity contribution in [3.05, 3.63) is 22.3 Å². The van der Waals surface area contributed by atoms with E-state index in [4.69, 9.17) is 9.47 Å². The van der Waals surface area contributed by atoms with E-state index in [1.165, 1.54) is 44.6 Å². The standard InChI is InChI=1S/C28H45IO3/c1-17(2)10-11-18(3)12-13-19(4)14-15-28(9)16-24(29)25-22(7)26(31-23(8)30)20(5)21(6)27(25)32-28/h17-19,24H,10-16H2,1-9H3/t18-,19-,24-,28+/m0/s1. The van der Waals surface area contributed by atoms with E-state index >= 15 is 0 Å². The summed E-state index contributed by atoms with van der Waals surface area (Å²) < 4.78 is 12.7. The number of halogens is 1. The van der Waals surface area contributed by atoms with Crippen LogP contribution in [-0.2, 0) is 4.79 Å². The third-order valence-electron chi connectivity index (χ3n) is 7.31. The van der Waals surface area contributed by atoms with Crippen LogP contribution in [-0.4, -0.2) is 11.6 Å². The molecule has 0 bridgehead atoms. The van der Waals surface area contributed by atoms with Crippen LogP contribution in [0.25, 0.3) is 0 Å². The molecule has 1 heterocycles. The summed E-state index contributed by atoms with van der Waals surface area (Å²) in [4.78, 5) is 11.6. The first-order valence-electron chi connectivity index (χ1n) is 12.5. The minimum absolute atomic E-state index is 0.150. The number of rotatable bonds is 10. The zero-order valence-electron chi connectivity index (χ0n) is 21.9. The van der Waals surface area contributed by atoms with Gasteiger partial charge in [-0.25, -0.2) is 0 Å². The van der Waals surface area contributed by atoms with Crippen molar-refractivity contribution >= 4 is 28.6 Å². The molecule has 0 fully saturated rings. The second kappa shape index (κ2) is 11.6. The highest BCUT2D eigenvalue weighted by Crippen LogP contribution is 2.52. The van der Waals surface area contributed by atoms with E-state index in [1.54, 1.807) is 0 Å². The fourth-order valence-corrected chi connectivity index (χ4v) is 6.55. The molecular formula is C28H45IO3. The maximum atomic E-state index is 11.6. The Morgan fingerprint density at radius 1 is 1.00 bits per heavy atom. The van der Waals surface area contributed by atoms with E-state index in [2.05, 4.69) is 71.1 Å². The third kappa shape index (κ3) is 7.11. The average molecular weight is 557 g/mol. The Balaban J connectivity index is 2.06. The maximum Gasteiger partial charge on any atom is 0.308 e. The van der Waals surface area contributed by atoms with Crippen LogP contribution in [0.1, 0.15) is 113 Å². The highest BCUT2D eigenvalue weighted by atomic mass is 127. The molecule has 1 aromatic rings. The molecule has 0 spiro atoms. The van der Waals surface area contributed by atoms with Crippen LogP contribution in [0.4, 0.5) is 0 Å². The molecule has 4 heteroatoms. The highest BCUT2D eigenvalue weighted by Gasteiger charge is 2.39. The molecule has 0 unspecified atom stereocenters. The molecule has 1 aliphatic rings. The lowest BCUT2D eigenvalue weighted by atomic mass is 9.82. The van der Waals surface area contributed by atoms with Crippen molar-refractivity contribution in [2.75, 3.05) is 0 Å². The predicted molar refractivity (Wildman–Crippen MR) is 143 cm³/mol. The van der Waals surface area contributed by atoms with E-state index < -0.39 is 0 Å². The number of carbonyl (C=O) groups excluding carboxylic acids is 1. The van der Waals surface area contributed by atoms with Gasteiger partial charge < -0.3 is 9.47 Å². The van der Waals surface area contributed by atoms with Crippen LogP contribution in [0.2, 0.25) is 0 Å². The minimum atomic E-state index is -0.269. The number of ether oxygens (including phenoxy) is 2. The molecule has 0 amide bonds. The first kappa shape index (κ1) is 27.5. The van der Waals surface area contributed by atoms with Gasteiger partial charge in [0.25, 0.3) is 0 Å². The second-order valence-electron chi connectivity index (χ2n) is 11.1. The fraction of sp³-hybridized carbons (Fsp3) is 0.750. The van der Waals surface area contributed by atoms with Crippen LogP contribution in [0.5, 0.6) is 11.5 Å². The molecule has 32 heavy (non-hydrogen) atoms. The Labute approximate surface area is 210 Å². The number of hydrogen-bond donors (Lipinski definition) is 0. The van der Waals surface area contributed by atoms with Crippen molar-refractivity contribution in [3.63, 3.8) is 0 Å². The van der Waals surface area contributed by atoms with E-state index in [0.717, 1.165) is 53.0 Å². The van der Waals surface area contributed by atoms with Gasteiger partial charge in [-0.1, -0.05) is 76.0 Å². The van der Waals surface area contributed by atoms with Gasteiger partial charge in [-0.05, 0) is 69.4 Å². The monoisotopic (exact) mass is 556 g/mol. The van der Waals surface area contributed by atoms with Gasteiger partial charge in [0.2, 0.25) is 0 Å². The zero-order chi connectivity index (χ0) is 24.2. The van der Waals surface area contributed by atoms with Crippen LogP contribution < -0.4 is 9.47 Å². The lowest BCUT2D eigenvalue weighted by molar-refractivity contribution is -0.132. The molecular weight excluding hydrogens is 511 g/mol. The first-order chi connectivity index (χ1) is 14.8. The summed E-state index contributed by atoms with van der Waals surface area (Å²) in [5.74, 6) is 3.81. The smallest absolute Gasteiger partial charge is 0.308 e. The lowest BCUT2D eigenvalue weighted by Gasteiger charge is -2.41. The Morgan fingerprint density at radius 3 is 2.12 bits per heavy atom. The molecule has 0 aliphatic carbocycles. The molecule has 182 valence electrons. The summed E-state index contributed by atoms with van der Waals surface area (Å²) in [6.07, 6.45) is 8.61. The Morgan fingerprint density at radius 2 is 1.56 bits per heavy atom. The topological polar surface area (TPSA) is 35.5 Å². The summed E-state index contributed by atoms with van der Waals surface area (Å²) in [6, 6.07) is 0. The summed E-state index contributed by atoms with van der Waals surface area (Å²) in [5.41, 5.74) is 4.20. The summed E-state index contributed by atoms with van der Waals surface area (Å²) in [5, 5.41) is 0. The molecule has 4 atom stereocenters. The number of esters is 1. The first-order valence-corrected chi connectivity index (χ1v) is 13.7. The summed E-state index contributed by atoms with van der Waals surface area (Å²) in [7, 11) is 0. The van der Waals surface area contributed by atoms with Crippen LogP contribution in [0.15, 0.2) is 0 Å². The van der Waals surface area contributed by atoms with Gasteiger partial charge in [-0.15, -0.1) is 0 Å². The Kier molecular flexibility index (Phi) is 9.93. The highest BCUT2D eigenvalue weighted by molar-refractivity contribution is 14.1. The summed E-state index contributed by atoms with van der Waals surface area (Å²) >= 11 is 2.55. The van der Waals surface area contributed by atoms with E-state index in [0.29, 0.717) is 9.67 Å². The molecule has 3 nitrogen and oxygen atoms in total. The van der Waals surface area contributed by atoms with Gasteiger partial charge >= 0.3 is 5.97 Å².